The van der Waals surface area contributed by atoms with Gasteiger partial charge in [-0.1, -0.05) is 26.7 Å². The van der Waals surface area contributed by atoms with Gasteiger partial charge in [-0.2, -0.15) is 0 Å². The van der Waals surface area contributed by atoms with E-state index in [1.165, 1.54) is 40.8 Å². The highest BCUT2D eigenvalue weighted by Crippen LogP contribution is 2.23. The average Bonchev–Trinajstić information content (AvgIpc) is 2.68. The van der Waals surface area contributed by atoms with Crippen molar-refractivity contribution in [3.63, 3.8) is 0 Å². The fraction of sp³-hybridized carbons (Fsp3) is 0.692. The van der Waals surface area contributed by atoms with Crippen molar-refractivity contribution in [1.29, 1.82) is 0 Å². The number of unbranched alkanes of at least 4 members (excludes halogenated alkanes) is 1. The van der Waals surface area contributed by atoms with Crippen molar-refractivity contribution in [2.75, 3.05) is 6.54 Å². The Labute approximate surface area is 112 Å². The summed E-state index contributed by atoms with van der Waals surface area (Å²) in [7, 11) is 0. The highest BCUT2D eigenvalue weighted by Gasteiger charge is 2.09. The van der Waals surface area contributed by atoms with Crippen LogP contribution in [0, 0.1) is 0 Å². The first-order chi connectivity index (χ1) is 7.76. The zero-order valence-electron chi connectivity index (χ0n) is 10.3. The molecule has 1 aromatic heterocycles. The summed E-state index contributed by atoms with van der Waals surface area (Å²) in [5.74, 6) is 0. The Kier molecular flexibility index (Phi) is 7.33. The summed E-state index contributed by atoms with van der Waals surface area (Å²) in [5.41, 5.74) is 0. The van der Waals surface area contributed by atoms with Gasteiger partial charge in [0, 0.05) is 10.9 Å². The van der Waals surface area contributed by atoms with E-state index < -0.39 is 0 Å². The van der Waals surface area contributed by atoms with Crippen molar-refractivity contribution in [1.82, 2.24) is 5.32 Å². The largest absolute Gasteiger partial charge is 0.314 e. The molecular weight excluding hydrogens is 282 g/mol. The number of nitrogens with one attached hydrogen (secondary N) is 1. The second kappa shape index (κ2) is 8.26. The van der Waals surface area contributed by atoms with Gasteiger partial charge in [-0.3, -0.25) is 0 Å². The molecule has 1 nitrogen and oxygen atoms in total. The van der Waals surface area contributed by atoms with E-state index in [1.54, 1.807) is 0 Å². The minimum Gasteiger partial charge on any atom is -0.314 e. The van der Waals surface area contributed by atoms with E-state index in [0.717, 1.165) is 6.54 Å². The van der Waals surface area contributed by atoms with Gasteiger partial charge in [-0.25, -0.2) is 0 Å². The van der Waals surface area contributed by atoms with Crippen molar-refractivity contribution in [2.45, 2.75) is 52.0 Å². The van der Waals surface area contributed by atoms with Gasteiger partial charge in [-0.15, -0.1) is 11.3 Å². The third kappa shape index (κ3) is 5.46. The molecule has 0 saturated heterocycles. The number of halogens is 1. The minimum absolute atomic E-state index is 0.658. The highest BCUT2D eigenvalue weighted by atomic mass is 79.9. The zero-order chi connectivity index (χ0) is 11.8. The molecule has 0 fully saturated rings. The van der Waals surface area contributed by atoms with Crippen LogP contribution in [0.3, 0.4) is 0 Å². The number of rotatable bonds is 8. The van der Waals surface area contributed by atoms with E-state index in [4.69, 9.17) is 0 Å². The van der Waals surface area contributed by atoms with Gasteiger partial charge in [0.1, 0.15) is 0 Å². The summed E-state index contributed by atoms with van der Waals surface area (Å²) in [6.07, 6.45) is 6.31. The minimum atomic E-state index is 0.658. The van der Waals surface area contributed by atoms with Crippen LogP contribution in [0.15, 0.2) is 15.9 Å². The molecule has 0 aliphatic carbocycles. The number of thiophene rings is 1. The van der Waals surface area contributed by atoms with Gasteiger partial charge in [0.25, 0.3) is 0 Å². The van der Waals surface area contributed by atoms with Crippen LogP contribution in [-0.2, 0) is 6.42 Å². The average molecular weight is 304 g/mol. The van der Waals surface area contributed by atoms with Crippen molar-refractivity contribution in [3.05, 3.63) is 20.8 Å². The lowest BCUT2D eigenvalue weighted by atomic mass is 10.1. The van der Waals surface area contributed by atoms with Crippen LogP contribution in [0.25, 0.3) is 0 Å². The molecule has 1 aromatic rings. The molecule has 1 rings (SSSR count). The SMILES string of the molecule is CCCCC(Cc1ccc(Br)s1)NCCC. The summed E-state index contributed by atoms with van der Waals surface area (Å²) in [6.45, 7) is 5.63. The lowest BCUT2D eigenvalue weighted by Gasteiger charge is -2.17. The molecule has 0 spiro atoms. The molecule has 0 amide bonds. The third-order valence-electron chi connectivity index (χ3n) is 2.67. The van der Waals surface area contributed by atoms with E-state index in [0.29, 0.717) is 6.04 Å². The maximum Gasteiger partial charge on any atom is 0.0701 e. The lowest BCUT2D eigenvalue weighted by Crippen LogP contribution is -2.31. The summed E-state index contributed by atoms with van der Waals surface area (Å²) >= 11 is 5.39. The summed E-state index contributed by atoms with van der Waals surface area (Å²) in [5, 5.41) is 3.65. The lowest BCUT2D eigenvalue weighted by molar-refractivity contribution is 0.464. The Bertz CT molecular complexity index is 277. The van der Waals surface area contributed by atoms with Crippen LogP contribution in [-0.4, -0.2) is 12.6 Å². The van der Waals surface area contributed by atoms with E-state index in [-0.39, 0.29) is 0 Å². The molecule has 0 saturated carbocycles. The molecule has 1 atom stereocenters. The molecule has 0 aliphatic rings. The molecule has 92 valence electrons. The Morgan fingerprint density at radius 1 is 1.31 bits per heavy atom. The van der Waals surface area contributed by atoms with Crippen molar-refractivity contribution >= 4 is 27.3 Å². The van der Waals surface area contributed by atoms with E-state index >= 15 is 0 Å². The van der Waals surface area contributed by atoms with Crippen LogP contribution in [0.2, 0.25) is 0 Å². The van der Waals surface area contributed by atoms with E-state index in [1.807, 2.05) is 11.3 Å². The van der Waals surface area contributed by atoms with E-state index in [9.17, 15) is 0 Å². The summed E-state index contributed by atoms with van der Waals surface area (Å²) < 4.78 is 1.24. The Morgan fingerprint density at radius 2 is 2.12 bits per heavy atom. The van der Waals surface area contributed by atoms with E-state index in [2.05, 4.69) is 47.2 Å². The molecule has 3 heteroatoms. The van der Waals surface area contributed by atoms with Gasteiger partial charge >= 0.3 is 0 Å². The van der Waals surface area contributed by atoms with Crippen molar-refractivity contribution < 1.29 is 0 Å². The molecule has 0 bridgehead atoms. The van der Waals surface area contributed by atoms with Gasteiger partial charge < -0.3 is 5.32 Å². The highest BCUT2D eigenvalue weighted by molar-refractivity contribution is 9.11. The molecule has 16 heavy (non-hydrogen) atoms. The quantitative estimate of drug-likeness (QED) is 0.739. The van der Waals surface area contributed by atoms with Crippen LogP contribution < -0.4 is 5.32 Å². The van der Waals surface area contributed by atoms with Gasteiger partial charge in [-0.05, 0) is 53.9 Å². The molecular formula is C13H22BrNS. The third-order valence-corrected chi connectivity index (χ3v) is 4.31. The first-order valence-corrected chi connectivity index (χ1v) is 7.84. The molecule has 0 aliphatic heterocycles. The smallest absolute Gasteiger partial charge is 0.0701 e. The first kappa shape index (κ1) is 14.2. The van der Waals surface area contributed by atoms with Gasteiger partial charge in [0.2, 0.25) is 0 Å². The molecule has 1 unspecified atom stereocenters. The molecule has 0 radical (unpaired) electrons. The second-order valence-electron chi connectivity index (χ2n) is 4.20. The zero-order valence-corrected chi connectivity index (χ0v) is 12.7. The monoisotopic (exact) mass is 303 g/mol. The van der Waals surface area contributed by atoms with Crippen LogP contribution in [0.4, 0.5) is 0 Å². The second-order valence-corrected chi connectivity index (χ2v) is 6.75. The van der Waals surface area contributed by atoms with Crippen molar-refractivity contribution in [3.8, 4) is 0 Å². The van der Waals surface area contributed by atoms with Crippen LogP contribution in [0.1, 0.15) is 44.4 Å². The summed E-state index contributed by atoms with van der Waals surface area (Å²) in [6, 6.07) is 5.04. The van der Waals surface area contributed by atoms with Gasteiger partial charge in [0.15, 0.2) is 0 Å². The predicted octanol–water partition coefficient (Wildman–Crippen LogP) is 4.61. The number of hydrogen-bond donors (Lipinski definition) is 1. The van der Waals surface area contributed by atoms with Crippen molar-refractivity contribution in [2.24, 2.45) is 0 Å². The molecule has 1 N–H and O–H groups in total. The Balaban J connectivity index is 2.41. The van der Waals surface area contributed by atoms with Crippen LogP contribution >= 0.6 is 27.3 Å². The Morgan fingerprint density at radius 3 is 2.69 bits per heavy atom. The first-order valence-electron chi connectivity index (χ1n) is 6.23. The molecule has 1 heterocycles. The fourth-order valence-corrected chi connectivity index (χ4v) is 3.34. The molecule has 0 aromatic carbocycles. The number of hydrogen-bond acceptors (Lipinski definition) is 2. The fourth-order valence-electron chi connectivity index (χ4n) is 1.78. The Hall–Kier alpha value is 0.140. The van der Waals surface area contributed by atoms with Gasteiger partial charge in [0.05, 0.1) is 3.79 Å². The van der Waals surface area contributed by atoms with Crippen LogP contribution in [0.5, 0.6) is 0 Å². The predicted molar refractivity (Wildman–Crippen MR) is 77.3 cm³/mol. The standard InChI is InChI=1S/C13H22BrNS/c1-3-5-6-11(15-9-4-2)10-12-7-8-13(14)16-12/h7-8,11,15H,3-6,9-10H2,1-2H3. The maximum atomic E-state index is 3.65. The normalized spacial score (nSPS) is 12.9. The maximum absolute atomic E-state index is 3.65. The topological polar surface area (TPSA) is 12.0 Å². The summed E-state index contributed by atoms with van der Waals surface area (Å²) in [4.78, 5) is 1.48.